The number of fused-ring (bicyclic) bond motifs is 1. The summed E-state index contributed by atoms with van der Waals surface area (Å²) < 4.78 is 24.1. The number of carbonyl (C=O) groups excluding carboxylic acids is 2. The van der Waals surface area contributed by atoms with Crippen LogP contribution in [0.15, 0.2) is 18.2 Å². The van der Waals surface area contributed by atoms with E-state index in [1.54, 1.807) is 7.11 Å². The van der Waals surface area contributed by atoms with Crippen LogP contribution in [0, 0.1) is 23.6 Å². The molecule has 2 amide bonds. The molecule has 1 aromatic rings. The zero-order chi connectivity index (χ0) is 22.0. The van der Waals surface area contributed by atoms with E-state index in [1.165, 1.54) is 12.1 Å². The Balaban J connectivity index is 1.19. The maximum absolute atomic E-state index is 13.5. The minimum Gasteiger partial charge on any atom is -0.484 e. The number of hydrogen-bond donors (Lipinski definition) is 3. The Bertz CT molecular complexity index is 825. The van der Waals surface area contributed by atoms with Gasteiger partial charge in [-0.25, -0.2) is 4.39 Å². The number of amides is 2. The fraction of sp³-hybridized carbons (Fsp3) is 0.636. The Morgan fingerprint density at radius 2 is 2.10 bits per heavy atom. The first kappa shape index (κ1) is 22.3. The Labute approximate surface area is 186 Å². The third-order valence-electron chi connectivity index (χ3n) is 6.81. The molecular formula is C22H29ClFN3O4. The molecule has 3 N–H and O–H groups in total. The van der Waals surface area contributed by atoms with Crippen molar-refractivity contribution in [2.24, 2.45) is 17.8 Å². The number of piperidine rings is 1. The van der Waals surface area contributed by atoms with Gasteiger partial charge >= 0.3 is 0 Å². The maximum atomic E-state index is 13.5. The number of carbonyl (C=O) groups is 2. The molecule has 1 aromatic carbocycles. The van der Waals surface area contributed by atoms with Gasteiger partial charge in [0.1, 0.15) is 17.8 Å². The fourth-order valence-electron chi connectivity index (χ4n) is 5.13. The second-order valence-electron chi connectivity index (χ2n) is 8.99. The normalized spacial score (nSPS) is 31.6. The van der Waals surface area contributed by atoms with E-state index < -0.39 is 5.82 Å². The van der Waals surface area contributed by atoms with E-state index in [2.05, 4.69) is 16.0 Å². The van der Waals surface area contributed by atoms with Crippen LogP contribution in [0.25, 0.3) is 0 Å². The molecule has 3 saturated carbocycles. The highest BCUT2D eigenvalue weighted by Gasteiger charge is 2.58. The van der Waals surface area contributed by atoms with E-state index in [9.17, 15) is 14.0 Å². The highest BCUT2D eigenvalue weighted by Crippen LogP contribution is 2.55. The minimum atomic E-state index is -0.591. The summed E-state index contributed by atoms with van der Waals surface area (Å²) in [4.78, 5) is 25.0. The van der Waals surface area contributed by atoms with Crippen molar-refractivity contribution in [3.8, 4) is 5.75 Å². The number of benzene rings is 1. The van der Waals surface area contributed by atoms with Gasteiger partial charge in [0.25, 0.3) is 5.91 Å². The molecule has 4 aliphatic rings. The molecule has 1 saturated heterocycles. The first-order chi connectivity index (χ1) is 14.9. The summed E-state index contributed by atoms with van der Waals surface area (Å²) in [6.45, 7) is 1.29. The maximum Gasteiger partial charge on any atom is 0.258 e. The summed E-state index contributed by atoms with van der Waals surface area (Å²) in [6.07, 6.45) is 4.36. The summed E-state index contributed by atoms with van der Waals surface area (Å²) in [5, 5.41) is 9.47. The molecule has 9 heteroatoms. The highest BCUT2D eigenvalue weighted by atomic mass is 35.5. The molecule has 5 rings (SSSR count). The number of ether oxygens (including phenoxy) is 2. The molecule has 3 atom stereocenters. The SMILES string of the molecule is COC1CCC(CNC(=O)C2CC3(NC(=O)COc4ccc(Cl)c(F)c4)CC2C3)CN1. The van der Waals surface area contributed by atoms with Crippen LogP contribution in [0.1, 0.15) is 32.1 Å². The van der Waals surface area contributed by atoms with Crippen LogP contribution in [-0.4, -0.2) is 50.4 Å². The van der Waals surface area contributed by atoms with Crippen LogP contribution >= 0.6 is 11.6 Å². The molecule has 7 nitrogen and oxygen atoms in total. The average molecular weight is 454 g/mol. The van der Waals surface area contributed by atoms with Crippen molar-refractivity contribution in [1.82, 2.24) is 16.0 Å². The van der Waals surface area contributed by atoms with Crippen LogP contribution in [0.3, 0.4) is 0 Å². The summed E-state index contributed by atoms with van der Waals surface area (Å²) in [7, 11) is 1.70. The van der Waals surface area contributed by atoms with E-state index in [4.69, 9.17) is 21.1 Å². The summed E-state index contributed by atoms with van der Waals surface area (Å²) in [6, 6.07) is 4.06. The van der Waals surface area contributed by atoms with Gasteiger partial charge < -0.3 is 20.1 Å². The molecule has 3 unspecified atom stereocenters. The smallest absolute Gasteiger partial charge is 0.258 e. The van der Waals surface area contributed by atoms with Gasteiger partial charge in [0.15, 0.2) is 6.61 Å². The lowest BCUT2D eigenvalue weighted by molar-refractivity contribution is -0.126. The Hall–Kier alpha value is -1.90. The first-order valence-corrected chi connectivity index (χ1v) is 11.2. The molecule has 4 fully saturated rings. The number of halogens is 2. The first-order valence-electron chi connectivity index (χ1n) is 10.8. The molecule has 3 aliphatic carbocycles. The molecule has 1 aliphatic heterocycles. The van der Waals surface area contributed by atoms with E-state index in [0.717, 1.165) is 38.3 Å². The molecule has 2 bridgehead atoms. The van der Waals surface area contributed by atoms with Crippen molar-refractivity contribution in [2.45, 2.75) is 43.9 Å². The van der Waals surface area contributed by atoms with Crippen LogP contribution in [-0.2, 0) is 14.3 Å². The van der Waals surface area contributed by atoms with Gasteiger partial charge in [0.2, 0.25) is 5.91 Å². The summed E-state index contributed by atoms with van der Waals surface area (Å²) in [5.41, 5.74) is -0.323. The molecule has 0 aromatic heterocycles. The van der Waals surface area contributed by atoms with Crippen molar-refractivity contribution in [1.29, 1.82) is 0 Å². The lowest BCUT2D eigenvalue weighted by atomic mass is 9.76. The predicted molar refractivity (Wildman–Crippen MR) is 113 cm³/mol. The van der Waals surface area contributed by atoms with Crippen LogP contribution < -0.4 is 20.7 Å². The van der Waals surface area contributed by atoms with Crippen LogP contribution in [0.4, 0.5) is 4.39 Å². The minimum absolute atomic E-state index is 0.00500. The zero-order valence-corrected chi connectivity index (χ0v) is 18.3. The number of hydrogen-bond acceptors (Lipinski definition) is 5. The van der Waals surface area contributed by atoms with Crippen LogP contribution in [0.5, 0.6) is 5.75 Å². The predicted octanol–water partition coefficient (Wildman–Crippen LogP) is 2.23. The van der Waals surface area contributed by atoms with Crippen molar-refractivity contribution in [3.63, 3.8) is 0 Å². The number of methoxy groups -OCH3 is 1. The highest BCUT2D eigenvalue weighted by molar-refractivity contribution is 6.30. The van der Waals surface area contributed by atoms with Gasteiger partial charge in [-0.3, -0.25) is 14.9 Å². The number of rotatable bonds is 8. The zero-order valence-electron chi connectivity index (χ0n) is 17.6. The molecule has 31 heavy (non-hydrogen) atoms. The number of nitrogens with one attached hydrogen (secondary N) is 3. The van der Waals surface area contributed by atoms with E-state index >= 15 is 0 Å². The van der Waals surface area contributed by atoms with E-state index in [-0.39, 0.29) is 46.9 Å². The Morgan fingerprint density at radius 3 is 2.77 bits per heavy atom. The quantitative estimate of drug-likeness (QED) is 0.561. The molecular weight excluding hydrogens is 425 g/mol. The third kappa shape index (κ3) is 5.13. The van der Waals surface area contributed by atoms with Gasteiger partial charge in [-0.05, 0) is 56.1 Å². The monoisotopic (exact) mass is 453 g/mol. The van der Waals surface area contributed by atoms with Crippen molar-refractivity contribution in [3.05, 3.63) is 29.0 Å². The van der Waals surface area contributed by atoms with Crippen LogP contribution in [0.2, 0.25) is 5.02 Å². The van der Waals surface area contributed by atoms with Gasteiger partial charge in [-0.1, -0.05) is 11.6 Å². The lowest BCUT2D eigenvalue weighted by Crippen LogP contribution is -2.53. The Morgan fingerprint density at radius 1 is 1.29 bits per heavy atom. The van der Waals surface area contributed by atoms with Crippen molar-refractivity contribution < 1.29 is 23.5 Å². The molecule has 170 valence electrons. The van der Waals surface area contributed by atoms with Gasteiger partial charge in [-0.15, -0.1) is 0 Å². The lowest BCUT2D eigenvalue weighted by Gasteiger charge is -2.39. The summed E-state index contributed by atoms with van der Waals surface area (Å²) >= 11 is 5.65. The van der Waals surface area contributed by atoms with Crippen molar-refractivity contribution in [2.75, 3.05) is 26.8 Å². The molecule has 1 heterocycles. The van der Waals surface area contributed by atoms with E-state index in [1.807, 2.05) is 0 Å². The van der Waals surface area contributed by atoms with Gasteiger partial charge in [0.05, 0.1) is 5.02 Å². The molecule has 0 radical (unpaired) electrons. The average Bonchev–Trinajstić information content (AvgIpc) is 3.29. The second kappa shape index (κ2) is 9.30. The largest absolute Gasteiger partial charge is 0.484 e. The third-order valence-corrected chi connectivity index (χ3v) is 7.12. The topological polar surface area (TPSA) is 88.7 Å². The van der Waals surface area contributed by atoms with Crippen molar-refractivity contribution >= 4 is 23.4 Å². The molecule has 0 spiro atoms. The second-order valence-corrected chi connectivity index (χ2v) is 9.40. The Kier molecular flexibility index (Phi) is 6.69. The summed E-state index contributed by atoms with van der Waals surface area (Å²) in [5.74, 6) is 0.140. The standard InChI is InChI=1S/C22H29ClFN3O4/c1-30-20-5-2-13(10-25-20)11-26-21(29)16-9-22(7-14(16)8-22)27-19(28)12-31-15-3-4-17(23)18(24)6-15/h3-4,6,13-14,16,20,25H,2,5,7-12H2,1H3,(H,26,29)(H,27,28). The van der Waals surface area contributed by atoms with Gasteiger partial charge in [0, 0.05) is 37.7 Å². The van der Waals surface area contributed by atoms with Gasteiger partial charge in [-0.2, -0.15) is 0 Å². The fourth-order valence-corrected chi connectivity index (χ4v) is 5.25. The van der Waals surface area contributed by atoms with E-state index in [0.29, 0.717) is 24.8 Å².